The molecule has 0 radical (unpaired) electrons. The smallest absolute Gasteiger partial charge is 0.256 e. The summed E-state index contributed by atoms with van der Waals surface area (Å²) in [6.45, 7) is 3.74. The van der Waals surface area contributed by atoms with Gasteiger partial charge in [-0.1, -0.05) is 0 Å². The molecule has 138 valence electrons. The van der Waals surface area contributed by atoms with Crippen LogP contribution in [0.25, 0.3) is 0 Å². The van der Waals surface area contributed by atoms with Crippen LogP contribution in [0.4, 0.5) is 5.00 Å². The van der Waals surface area contributed by atoms with Crippen LogP contribution in [0, 0.1) is 11.3 Å². The molecule has 1 aromatic carbocycles. The summed E-state index contributed by atoms with van der Waals surface area (Å²) in [5.41, 5.74) is 1.96. The number of nitrogens with one attached hydrogen (secondary N) is 1. The molecule has 1 N–H and O–H groups in total. The fourth-order valence-corrected chi connectivity index (χ4v) is 4.98. The number of anilines is 1. The number of aryl methyl sites for hydroxylation is 1. The first-order chi connectivity index (χ1) is 12.9. The maximum atomic E-state index is 12.7. The minimum Gasteiger partial charge on any atom is -0.487 e. The minimum absolute atomic E-state index is 0.0276. The van der Waals surface area contributed by atoms with Crippen LogP contribution in [-0.4, -0.2) is 17.3 Å². The number of thiophene rings is 1. The molecule has 27 heavy (non-hydrogen) atoms. The standard InChI is InChI=1S/C21H20N2O3S/c1-21(2)10-16(24)14-9-12(7-8-17(14)26-21)19(25)23-20-15(11-22)13-5-3-4-6-18(13)27-20/h7-9H,3-6,10H2,1-2H3,(H,23,25). The van der Waals surface area contributed by atoms with Crippen LogP contribution in [0.5, 0.6) is 5.75 Å². The van der Waals surface area contributed by atoms with Gasteiger partial charge in [0.2, 0.25) is 0 Å². The molecule has 2 heterocycles. The third-order valence-electron chi connectivity index (χ3n) is 5.02. The number of Topliss-reactive ketones (excluding diaryl/α,β-unsaturated/α-hetero) is 1. The van der Waals surface area contributed by atoms with E-state index in [1.165, 1.54) is 16.2 Å². The zero-order valence-electron chi connectivity index (χ0n) is 15.3. The molecular formula is C21H20N2O3S. The van der Waals surface area contributed by atoms with Crippen LogP contribution >= 0.6 is 11.3 Å². The molecule has 1 aliphatic carbocycles. The lowest BCUT2D eigenvalue weighted by Gasteiger charge is -2.31. The Kier molecular flexibility index (Phi) is 4.27. The normalized spacial score (nSPS) is 17.3. The molecule has 1 aliphatic heterocycles. The molecule has 1 amide bonds. The van der Waals surface area contributed by atoms with E-state index in [1.807, 2.05) is 13.8 Å². The van der Waals surface area contributed by atoms with Crippen molar-refractivity contribution in [3.8, 4) is 11.8 Å². The van der Waals surface area contributed by atoms with Gasteiger partial charge in [-0.05, 0) is 63.3 Å². The van der Waals surface area contributed by atoms with Crippen LogP contribution in [-0.2, 0) is 12.8 Å². The third-order valence-corrected chi connectivity index (χ3v) is 6.23. The number of carbonyl (C=O) groups is 2. The first-order valence-corrected chi connectivity index (χ1v) is 9.92. The Labute approximate surface area is 162 Å². The maximum absolute atomic E-state index is 12.7. The predicted octanol–water partition coefficient (Wildman–Crippen LogP) is 4.49. The van der Waals surface area contributed by atoms with Gasteiger partial charge >= 0.3 is 0 Å². The molecule has 5 nitrogen and oxygen atoms in total. The van der Waals surface area contributed by atoms with E-state index in [9.17, 15) is 14.9 Å². The maximum Gasteiger partial charge on any atom is 0.256 e. The van der Waals surface area contributed by atoms with Gasteiger partial charge in [-0.2, -0.15) is 5.26 Å². The van der Waals surface area contributed by atoms with E-state index in [1.54, 1.807) is 18.2 Å². The molecular weight excluding hydrogens is 360 g/mol. The van der Waals surface area contributed by atoms with Crippen molar-refractivity contribution in [2.45, 2.75) is 51.6 Å². The molecule has 0 saturated carbocycles. The summed E-state index contributed by atoms with van der Waals surface area (Å²) in [6.07, 6.45) is 4.33. The molecule has 2 aliphatic rings. The van der Waals surface area contributed by atoms with Crippen molar-refractivity contribution < 1.29 is 14.3 Å². The first-order valence-electron chi connectivity index (χ1n) is 9.10. The molecule has 6 heteroatoms. The van der Waals surface area contributed by atoms with Gasteiger partial charge in [0.05, 0.1) is 17.5 Å². The lowest BCUT2D eigenvalue weighted by atomic mass is 9.92. The number of amides is 1. The van der Waals surface area contributed by atoms with Crippen LogP contribution in [0.1, 0.15) is 69.8 Å². The van der Waals surface area contributed by atoms with Crippen LogP contribution in [0.3, 0.4) is 0 Å². The number of rotatable bonds is 2. The molecule has 1 aromatic heterocycles. The number of nitriles is 1. The zero-order chi connectivity index (χ0) is 19.2. The third kappa shape index (κ3) is 3.24. The predicted molar refractivity (Wildman–Crippen MR) is 104 cm³/mol. The van der Waals surface area contributed by atoms with Gasteiger partial charge in [0.25, 0.3) is 5.91 Å². The van der Waals surface area contributed by atoms with Gasteiger partial charge in [-0.3, -0.25) is 9.59 Å². The molecule has 0 saturated heterocycles. The summed E-state index contributed by atoms with van der Waals surface area (Å²) in [4.78, 5) is 26.4. The van der Waals surface area contributed by atoms with Crippen molar-refractivity contribution in [1.82, 2.24) is 0 Å². The summed E-state index contributed by atoms with van der Waals surface area (Å²) in [5.74, 6) is 0.169. The van der Waals surface area contributed by atoms with E-state index in [4.69, 9.17) is 4.74 Å². The number of hydrogen-bond acceptors (Lipinski definition) is 5. The minimum atomic E-state index is -0.536. The van der Waals surface area contributed by atoms with E-state index < -0.39 is 5.60 Å². The Balaban J connectivity index is 1.62. The summed E-state index contributed by atoms with van der Waals surface area (Å²) in [5, 5.41) is 13.0. The number of carbonyl (C=O) groups excluding carboxylic acids is 2. The number of fused-ring (bicyclic) bond motifs is 2. The van der Waals surface area contributed by atoms with Crippen molar-refractivity contribution in [2.24, 2.45) is 0 Å². The lowest BCUT2D eigenvalue weighted by Crippen LogP contribution is -2.36. The summed E-state index contributed by atoms with van der Waals surface area (Å²) in [7, 11) is 0. The second kappa shape index (κ2) is 6.50. The highest BCUT2D eigenvalue weighted by atomic mass is 32.1. The fraction of sp³-hybridized carbons (Fsp3) is 0.381. The topological polar surface area (TPSA) is 79.2 Å². The van der Waals surface area contributed by atoms with Gasteiger partial charge in [0.1, 0.15) is 22.4 Å². The lowest BCUT2D eigenvalue weighted by molar-refractivity contribution is 0.0620. The second-order valence-corrected chi connectivity index (χ2v) is 8.76. The van der Waals surface area contributed by atoms with Crippen molar-refractivity contribution >= 4 is 28.0 Å². The van der Waals surface area contributed by atoms with E-state index in [2.05, 4.69) is 11.4 Å². The first kappa shape index (κ1) is 17.7. The molecule has 0 fully saturated rings. The van der Waals surface area contributed by atoms with Crippen molar-refractivity contribution in [3.63, 3.8) is 0 Å². The highest BCUT2D eigenvalue weighted by molar-refractivity contribution is 7.16. The Morgan fingerprint density at radius 3 is 2.85 bits per heavy atom. The number of hydrogen-bond donors (Lipinski definition) is 1. The van der Waals surface area contributed by atoms with Crippen LogP contribution in [0.2, 0.25) is 0 Å². The number of benzene rings is 1. The van der Waals surface area contributed by atoms with Crippen LogP contribution < -0.4 is 10.1 Å². The largest absolute Gasteiger partial charge is 0.487 e. The average Bonchev–Trinajstić information content (AvgIpc) is 2.97. The quantitative estimate of drug-likeness (QED) is 0.832. The molecule has 4 rings (SSSR count). The number of ketones is 1. The highest BCUT2D eigenvalue weighted by Gasteiger charge is 2.33. The van der Waals surface area contributed by atoms with Gasteiger partial charge < -0.3 is 10.1 Å². The number of ether oxygens (including phenoxy) is 1. The van der Waals surface area contributed by atoms with E-state index in [0.29, 0.717) is 27.4 Å². The SMILES string of the molecule is CC1(C)CC(=O)c2cc(C(=O)Nc3sc4c(c3C#N)CCCC4)ccc2O1. The molecule has 2 aromatic rings. The summed E-state index contributed by atoms with van der Waals surface area (Å²) < 4.78 is 5.84. The Hall–Kier alpha value is -2.65. The Bertz CT molecular complexity index is 998. The van der Waals surface area contributed by atoms with Crippen LogP contribution in [0.15, 0.2) is 18.2 Å². The van der Waals surface area contributed by atoms with Crippen molar-refractivity contribution in [2.75, 3.05) is 5.32 Å². The monoisotopic (exact) mass is 380 g/mol. The van der Waals surface area contributed by atoms with Crippen molar-refractivity contribution in [1.29, 1.82) is 5.26 Å². The van der Waals surface area contributed by atoms with Crippen molar-refractivity contribution in [3.05, 3.63) is 45.3 Å². The molecule has 0 bridgehead atoms. The highest BCUT2D eigenvalue weighted by Crippen LogP contribution is 2.38. The molecule has 0 atom stereocenters. The van der Waals surface area contributed by atoms with Gasteiger partial charge in [0, 0.05) is 10.4 Å². The molecule has 0 spiro atoms. The summed E-state index contributed by atoms with van der Waals surface area (Å²) >= 11 is 1.49. The number of nitrogens with zero attached hydrogens (tertiary/aromatic N) is 1. The second-order valence-electron chi connectivity index (χ2n) is 7.65. The van der Waals surface area contributed by atoms with E-state index in [0.717, 1.165) is 31.2 Å². The van der Waals surface area contributed by atoms with E-state index in [-0.39, 0.29) is 18.1 Å². The van der Waals surface area contributed by atoms with Gasteiger partial charge in [-0.15, -0.1) is 11.3 Å². The molecule has 0 unspecified atom stereocenters. The van der Waals surface area contributed by atoms with E-state index >= 15 is 0 Å². The Morgan fingerprint density at radius 1 is 1.30 bits per heavy atom. The average molecular weight is 380 g/mol. The Morgan fingerprint density at radius 2 is 2.07 bits per heavy atom. The zero-order valence-corrected chi connectivity index (χ0v) is 16.2. The van der Waals surface area contributed by atoms with Gasteiger partial charge in [-0.25, -0.2) is 0 Å². The van der Waals surface area contributed by atoms with Gasteiger partial charge in [0.15, 0.2) is 5.78 Å². The fourth-order valence-electron chi connectivity index (χ4n) is 3.74. The summed E-state index contributed by atoms with van der Waals surface area (Å²) in [6, 6.07) is 7.16.